The molecule has 0 aliphatic rings. The zero-order valence-corrected chi connectivity index (χ0v) is 18.6. The standard InChI is InChI=1S/C20H22N6O4S/c1-10(2)8-30-20(29)15-11(3)14-18(31-15)22-9-26(19(14)28)12(4)17(27)24-16-13(6-21)7-23-25(16)5/h7,9-10,12H,8H2,1-5H3,(H,24,27). The van der Waals surface area contributed by atoms with Crippen LogP contribution in [0.4, 0.5) is 5.82 Å². The van der Waals surface area contributed by atoms with Crippen LogP contribution in [0.25, 0.3) is 10.2 Å². The van der Waals surface area contributed by atoms with E-state index >= 15 is 0 Å². The zero-order valence-electron chi connectivity index (χ0n) is 17.8. The molecule has 10 nitrogen and oxygen atoms in total. The first-order valence-electron chi connectivity index (χ1n) is 9.56. The van der Waals surface area contributed by atoms with Crippen LogP contribution in [-0.4, -0.2) is 37.8 Å². The van der Waals surface area contributed by atoms with E-state index in [-0.39, 0.29) is 29.3 Å². The summed E-state index contributed by atoms with van der Waals surface area (Å²) in [4.78, 5) is 43.3. The van der Waals surface area contributed by atoms with Crippen LogP contribution in [0.3, 0.4) is 0 Å². The average molecular weight is 443 g/mol. The van der Waals surface area contributed by atoms with Gasteiger partial charge in [0, 0.05) is 7.05 Å². The van der Waals surface area contributed by atoms with Gasteiger partial charge in [0.15, 0.2) is 0 Å². The quantitative estimate of drug-likeness (QED) is 0.580. The lowest BCUT2D eigenvalue weighted by Gasteiger charge is -2.15. The molecular weight excluding hydrogens is 420 g/mol. The van der Waals surface area contributed by atoms with Crippen LogP contribution in [0.1, 0.15) is 47.6 Å². The van der Waals surface area contributed by atoms with Crippen molar-refractivity contribution >= 4 is 39.2 Å². The molecule has 0 fully saturated rings. The second-order valence-electron chi connectivity index (χ2n) is 7.49. The fourth-order valence-corrected chi connectivity index (χ4v) is 3.96. The Morgan fingerprint density at radius 1 is 1.35 bits per heavy atom. The maximum absolute atomic E-state index is 13.1. The van der Waals surface area contributed by atoms with E-state index in [1.807, 2.05) is 19.9 Å². The summed E-state index contributed by atoms with van der Waals surface area (Å²) in [5, 5.41) is 16.0. The topological polar surface area (TPSA) is 132 Å². The van der Waals surface area contributed by atoms with E-state index in [0.29, 0.717) is 15.3 Å². The second-order valence-corrected chi connectivity index (χ2v) is 8.49. The van der Waals surface area contributed by atoms with Gasteiger partial charge in [0.1, 0.15) is 33.2 Å². The van der Waals surface area contributed by atoms with E-state index in [2.05, 4.69) is 15.4 Å². The van der Waals surface area contributed by atoms with Gasteiger partial charge in [0.05, 0.1) is 24.5 Å². The van der Waals surface area contributed by atoms with Crippen molar-refractivity contribution in [1.29, 1.82) is 5.26 Å². The van der Waals surface area contributed by atoms with Crippen molar-refractivity contribution in [2.24, 2.45) is 13.0 Å². The van der Waals surface area contributed by atoms with E-state index in [0.717, 1.165) is 11.3 Å². The fourth-order valence-electron chi connectivity index (χ4n) is 2.93. The number of amides is 1. The second kappa shape index (κ2) is 8.69. The molecule has 1 atom stereocenters. The summed E-state index contributed by atoms with van der Waals surface area (Å²) < 4.78 is 7.85. The number of ether oxygens (including phenoxy) is 1. The third-order valence-corrected chi connectivity index (χ3v) is 5.89. The summed E-state index contributed by atoms with van der Waals surface area (Å²) in [5.41, 5.74) is 0.253. The van der Waals surface area contributed by atoms with Gasteiger partial charge in [-0.25, -0.2) is 9.78 Å². The van der Waals surface area contributed by atoms with Crippen LogP contribution < -0.4 is 10.9 Å². The van der Waals surface area contributed by atoms with Crippen LogP contribution in [-0.2, 0) is 16.6 Å². The molecule has 11 heteroatoms. The molecule has 1 N–H and O–H groups in total. The molecular formula is C20H22N6O4S. The molecule has 3 rings (SSSR count). The van der Waals surface area contributed by atoms with Crippen molar-refractivity contribution in [2.45, 2.75) is 33.7 Å². The smallest absolute Gasteiger partial charge is 0.348 e. The van der Waals surface area contributed by atoms with E-state index in [1.165, 1.54) is 21.8 Å². The molecule has 3 heterocycles. The summed E-state index contributed by atoms with van der Waals surface area (Å²) in [6.07, 6.45) is 2.62. The summed E-state index contributed by atoms with van der Waals surface area (Å²) in [5.74, 6) is -0.573. The minimum Gasteiger partial charge on any atom is -0.461 e. The van der Waals surface area contributed by atoms with Crippen molar-refractivity contribution in [1.82, 2.24) is 19.3 Å². The molecule has 3 aromatic rings. The van der Waals surface area contributed by atoms with Crippen LogP contribution in [0.5, 0.6) is 0 Å². The normalized spacial score (nSPS) is 12.0. The number of nitriles is 1. The van der Waals surface area contributed by atoms with Gasteiger partial charge < -0.3 is 10.1 Å². The van der Waals surface area contributed by atoms with Gasteiger partial charge in [-0.05, 0) is 25.3 Å². The van der Waals surface area contributed by atoms with Crippen LogP contribution >= 0.6 is 11.3 Å². The molecule has 162 valence electrons. The number of hydrogen-bond donors (Lipinski definition) is 1. The Morgan fingerprint density at radius 3 is 2.71 bits per heavy atom. The van der Waals surface area contributed by atoms with E-state index in [4.69, 9.17) is 10.00 Å². The maximum atomic E-state index is 13.1. The van der Waals surface area contributed by atoms with Gasteiger partial charge in [-0.3, -0.25) is 18.8 Å². The number of rotatable bonds is 6. The summed E-state index contributed by atoms with van der Waals surface area (Å²) >= 11 is 1.09. The number of aromatic nitrogens is 4. The monoisotopic (exact) mass is 442 g/mol. The van der Waals surface area contributed by atoms with Gasteiger partial charge >= 0.3 is 5.97 Å². The predicted octanol–water partition coefficient (Wildman–Crippen LogP) is 2.38. The molecule has 0 radical (unpaired) electrons. The predicted molar refractivity (Wildman–Crippen MR) is 115 cm³/mol. The lowest BCUT2D eigenvalue weighted by atomic mass is 10.2. The third-order valence-electron chi connectivity index (χ3n) is 4.71. The zero-order chi connectivity index (χ0) is 22.9. The van der Waals surface area contributed by atoms with Crippen LogP contribution in [0.2, 0.25) is 0 Å². The number of esters is 1. The number of thiophene rings is 1. The van der Waals surface area contributed by atoms with Crippen molar-refractivity contribution in [2.75, 3.05) is 11.9 Å². The average Bonchev–Trinajstić information content (AvgIpc) is 3.26. The molecule has 1 amide bonds. The highest BCUT2D eigenvalue weighted by Gasteiger charge is 2.24. The molecule has 0 aliphatic heterocycles. The van der Waals surface area contributed by atoms with E-state index in [1.54, 1.807) is 20.9 Å². The number of nitrogens with one attached hydrogen (secondary N) is 1. The Hall–Kier alpha value is -3.52. The Balaban J connectivity index is 1.93. The van der Waals surface area contributed by atoms with Gasteiger partial charge in [0.2, 0.25) is 5.91 Å². The van der Waals surface area contributed by atoms with Gasteiger partial charge in [-0.1, -0.05) is 13.8 Å². The number of hydrogen-bond acceptors (Lipinski definition) is 8. The molecule has 31 heavy (non-hydrogen) atoms. The molecule has 1 unspecified atom stereocenters. The first-order chi connectivity index (χ1) is 14.6. The minimum absolute atomic E-state index is 0.189. The van der Waals surface area contributed by atoms with E-state index in [9.17, 15) is 14.4 Å². The Labute approximate surface area is 182 Å². The SMILES string of the molecule is Cc1c(C(=O)OCC(C)C)sc2ncn(C(C)C(=O)Nc3c(C#N)cnn3C)c(=O)c12. The summed E-state index contributed by atoms with van der Waals surface area (Å²) in [7, 11) is 1.59. The number of nitrogens with zero attached hydrogens (tertiary/aromatic N) is 5. The first-order valence-corrected chi connectivity index (χ1v) is 10.4. The molecule has 0 bridgehead atoms. The number of fused-ring (bicyclic) bond motifs is 1. The van der Waals surface area contributed by atoms with Crippen LogP contribution in [0, 0.1) is 24.2 Å². The van der Waals surface area contributed by atoms with Crippen LogP contribution in [0.15, 0.2) is 17.3 Å². The molecule has 0 aromatic carbocycles. The highest BCUT2D eigenvalue weighted by Crippen LogP contribution is 2.28. The van der Waals surface area contributed by atoms with Gasteiger partial charge in [-0.15, -0.1) is 11.3 Å². The van der Waals surface area contributed by atoms with Gasteiger partial charge in [0.25, 0.3) is 5.56 Å². The van der Waals surface area contributed by atoms with Crippen molar-refractivity contribution < 1.29 is 14.3 Å². The lowest BCUT2D eigenvalue weighted by molar-refractivity contribution is -0.118. The molecule has 0 aliphatic carbocycles. The molecule has 0 saturated heterocycles. The number of carbonyl (C=O) groups is 2. The molecule has 0 saturated carbocycles. The van der Waals surface area contributed by atoms with Gasteiger partial charge in [-0.2, -0.15) is 10.4 Å². The van der Waals surface area contributed by atoms with E-state index < -0.39 is 23.5 Å². The summed E-state index contributed by atoms with van der Waals surface area (Å²) in [6.45, 7) is 7.36. The number of aryl methyl sites for hydroxylation is 2. The minimum atomic E-state index is -0.915. The molecule has 3 aromatic heterocycles. The Bertz CT molecular complexity index is 1260. The first kappa shape index (κ1) is 22.2. The Morgan fingerprint density at radius 2 is 2.06 bits per heavy atom. The molecule has 0 spiro atoms. The Kier molecular flexibility index (Phi) is 6.21. The van der Waals surface area contributed by atoms with Crippen molar-refractivity contribution in [3.63, 3.8) is 0 Å². The number of anilines is 1. The van der Waals surface area contributed by atoms with Crippen molar-refractivity contribution in [3.8, 4) is 6.07 Å². The third kappa shape index (κ3) is 4.20. The van der Waals surface area contributed by atoms with Crippen molar-refractivity contribution in [3.05, 3.63) is 38.9 Å². The fraction of sp³-hybridized carbons (Fsp3) is 0.400. The number of carbonyl (C=O) groups excluding carboxylic acids is 2. The highest BCUT2D eigenvalue weighted by atomic mass is 32.1. The maximum Gasteiger partial charge on any atom is 0.348 e. The lowest BCUT2D eigenvalue weighted by Crippen LogP contribution is -2.32. The largest absolute Gasteiger partial charge is 0.461 e. The summed E-state index contributed by atoms with van der Waals surface area (Å²) in [6, 6.07) is 1.04. The highest BCUT2D eigenvalue weighted by molar-refractivity contribution is 7.20.